The van der Waals surface area contributed by atoms with Gasteiger partial charge >= 0.3 is 0 Å². The first kappa shape index (κ1) is 13.0. The zero-order chi connectivity index (χ0) is 14.1. The van der Waals surface area contributed by atoms with Crippen molar-refractivity contribution >= 4 is 0 Å². The smallest absolute Gasteiger partial charge is 0.118 e. The summed E-state index contributed by atoms with van der Waals surface area (Å²) in [5.41, 5.74) is 3.13. The molecule has 0 radical (unpaired) electrons. The molecule has 1 saturated carbocycles. The van der Waals surface area contributed by atoms with Crippen LogP contribution in [-0.4, -0.2) is 34.2 Å². The lowest BCUT2D eigenvalue weighted by molar-refractivity contribution is 0.00139. The predicted molar refractivity (Wildman–Crippen MR) is 79.6 cm³/mol. The molecule has 21 heavy (non-hydrogen) atoms. The number of aromatic nitrogens is 3. The molecule has 2 heterocycles. The van der Waals surface area contributed by atoms with E-state index in [4.69, 9.17) is 4.74 Å². The van der Waals surface area contributed by atoms with Crippen molar-refractivity contribution in [2.75, 3.05) is 13.1 Å². The monoisotopic (exact) mass is 284 g/mol. The third kappa shape index (κ3) is 2.84. The van der Waals surface area contributed by atoms with Crippen LogP contribution in [0.2, 0.25) is 0 Å². The molecule has 1 aliphatic heterocycles. The highest BCUT2D eigenvalue weighted by Gasteiger charge is 2.25. The highest BCUT2D eigenvalue weighted by atomic mass is 16.5. The molecule has 1 aromatic carbocycles. The number of rotatable bonds is 5. The fraction of sp³-hybridized carbons (Fsp3) is 0.500. The molecule has 1 N–H and O–H groups in total. The third-order valence-corrected chi connectivity index (χ3v) is 4.22. The van der Waals surface area contributed by atoms with E-state index in [2.05, 4.69) is 27.8 Å². The van der Waals surface area contributed by atoms with Crippen LogP contribution in [-0.2, 0) is 17.9 Å². The molecule has 5 nitrogen and oxygen atoms in total. The molecule has 2 aliphatic rings. The number of hydrogen-bond donors (Lipinski definition) is 1. The summed E-state index contributed by atoms with van der Waals surface area (Å²) < 4.78 is 7.96. The number of nitrogens with one attached hydrogen (secondary N) is 1. The second-order valence-electron chi connectivity index (χ2n) is 5.97. The summed E-state index contributed by atoms with van der Waals surface area (Å²) in [5, 5.41) is 12.1. The number of nitrogens with zero attached hydrogens (tertiary/aromatic N) is 3. The van der Waals surface area contributed by atoms with Crippen LogP contribution in [0.1, 0.15) is 18.5 Å². The Labute approximate surface area is 124 Å². The number of ether oxygens (including phenoxy) is 1. The molecule has 0 saturated heterocycles. The van der Waals surface area contributed by atoms with Crippen LogP contribution in [0.15, 0.2) is 30.3 Å². The molecule has 110 valence electrons. The van der Waals surface area contributed by atoms with Crippen molar-refractivity contribution in [1.82, 2.24) is 20.3 Å². The number of hydrogen-bond acceptors (Lipinski definition) is 4. The van der Waals surface area contributed by atoms with Crippen molar-refractivity contribution in [1.29, 1.82) is 0 Å². The Morgan fingerprint density at radius 2 is 2.05 bits per heavy atom. The van der Waals surface area contributed by atoms with Crippen LogP contribution in [0.4, 0.5) is 0 Å². The Balaban J connectivity index is 1.43. The molecule has 1 aliphatic carbocycles. The molecule has 0 unspecified atom stereocenters. The van der Waals surface area contributed by atoms with Crippen molar-refractivity contribution in [3.63, 3.8) is 0 Å². The zero-order valence-electron chi connectivity index (χ0n) is 12.0. The van der Waals surface area contributed by atoms with Gasteiger partial charge in [0.15, 0.2) is 0 Å². The van der Waals surface area contributed by atoms with Gasteiger partial charge in [0.25, 0.3) is 0 Å². The van der Waals surface area contributed by atoms with E-state index in [1.54, 1.807) is 0 Å². The largest absolute Gasteiger partial charge is 0.369 e. The number of fused-ring (bicyclic) bond motifs is 1. The van der Waals surface area contributed by atoms with Crippen LogP contribution >= 0.6 is 0 Å². The van der Waals surface area contributed by atoms with Crippen LogP contribution in [0.3, 0.4) is 0 Å². The van der Waals surface area contributed by atoms with Gasteiger partial charge < -0.3 is 10.1 Å². The van der Waals surface area contributed by atoms with Crippen molar-refractivity contribution in [2.45, 2.75) is 32.1 Å². The van der Waals surface area contributed by atoms with Gasteiger partial charge in [-0.3, -0.25) is 0 Å². The van der Waals surface area contributed by atoms with Crippen molar-refractivity contribution in [3.05, 3.63) is 36.0 Å². The molecular formula is C16H20N4O. The summed E-state index contributed by atoms with van der Waals surface area (Å²) in [4.78, 5) is 0. The summed E-state index contributed by atoms with van der Waals surface area (Å²) >= 11 is 0. The van der Waals surface area contributed by atoms with Crippen LogP contribution in [0.25, 0.3) is 11.3 Å². The van der Waals surface area contributed by atoms with E-state index in [1.165, 1.54) is 12.8 Å². The minimum atomic E-state index is 0.196. The Hall–Kier alpha value is -1.72. The molecule has 0 amide bonds. The SMILES string of the molecule is c1ccc(-c2nnn3c2CO[C@H](CNCC2CC2)C3)cc1. The summed E-state index contributed by atoms with van der Waals surface area (Å²) in [5.74, 6) is 0.903. The molecule has 2 aromatic rings. The van der Waals surface area contributed by atoms with Crippen LogP contribution in [0.5, 0.6) is 0 Å². The van der Waals surface area contributed by atoms with Crippen LogP contribution in [0, 0.1) is 5.92 Å². The van der Waals surface area contributed by atoms with Gasteiger partial charge in [-0.25, -0.2) is 4.68 Å². The van der Waals surface area contributed by atoms with Gasteiger partial charge in [0.05, 0.1) is 24.9 Å². The van der Waals surface area contributed by atoms with E-state index in [9.17, 15) is 0 Å². The first-order valence-corrected chi connectivity index (χ1v) is 7.70. The molecule has 4 rings (SSSR count). The van der Waals surface area contributed by atoms with Gasteiger partial charge in [-0.15, -0.1) is 5.10 Å². The van der Waals surface area contributed by atoms with Gasteiger partial charge in [-0.2, -0.15) is 0 Å². The average molecular weight is 284 g/mol. The fourth-order valence-corrected chi connectivity index (χ4v) is 2.78. The first-order chi connectivity index (χ1) is 10.4. The third-order valence-electron chi connectivity index (χ3n) is 4.22. The Kier molecular flexibility index (Phi) is 3.45. The quantitative estimate of drug-likeness (QED) is 0.910. The van der Waals surface area contributed by atoms with Crippen molar-refractivity contribution in [3.8, 4) is 11.3 Å². The molecule has 1 atom stereocenters. The first-order valence-electron chi connectivity index (χ1n) is 7.70. The maximum atomic E-state index is 5.96. The molecule has 0 bridgehead atoms. The summed E-state index contributed by atoms with van der Waals surface area (Å²) in [6.45, 7) is 3.40. The Morgan fingerprint density at radius 1 is 1.19 bits per heavy atom. The Morgan fingerprint density at radius 3 is 2.86 bits per heavy atom. The maximum absolute atomic E-state index is 5.96. The molecule has 1 fully saturated rings. The lowest BCUT2D eigenvalue weighted by Crippen LogP contribution is -2.37. The summed E-state index contributed by atoms with van der Waals surface area (Å²) in [6, 6.07) is 10.2. The minimum absolute atomic E-state index is 0.196. The summed E-state index contributed by atoms with van der Waals surface area (Å²) in [7, 11) is 0. The van der Waals surface area contributed by atoms with E-state index >= 15 is 0 Å². The van der Waals surface area contributed by atoms with E-state index in [0.717, 1.165) is 42.5 Å². The van der Waals surface area contributed by atoms with Gasteiger partial charge in [0, 0.05) is 12.1 Å². The molecule has 5 heteroatoms. The van der Waals surface area contributed by atoms with E-state index < -0.39 is 0 Å². The van der Waals surface area contributed by atoms with Gasteiger partial charge in [0.2, 0.25) is 0 Å². The summed E-state index contributed by atoms with van der Waals surface area (Å²) in [6.07, 6.45) is 2.96. The highest BCUT2D eigenvalue weighted by Crippen LogP contribution is 2.28. The van der Waals surface area contributed by atoms with Gasteiger partial charge in [0.1, 0.15) is 5.69 Å². The maximum Gasteiger partial charge on any atom is 0.118 e. The minimum Gasteiger partial charge on any atom is -0.369 e. The van der Waals surface area contributed by atoms with Crippen molar-refractivity contribution < 1.29 is 4.74 Å². The molecule has 1 aromatic heterocycles. The normalized spacial score (nSPS) is 21.2. The van der Waals surface area contributed by atoms with E-state index in [0.29, 0.717) is 6.61 Å². The lowest BCUT2D eigenvalue weighted by Gasteiger charge is -2.24. The van der Waals surface area contributed by atoms with E-state index in [-0.39, 0.29) is 6.10 Å². The standard InChI is InChI=1S/C16H20N4O/c1-2-4-13(5-3-1)16-15-11-21-14(10-20(15)19-18-16)9-17-8-12-6-7-12/h1-5,12,14,17H,6-11H2/t14-/m1/s1. The van der Waals surface area contributed by atoms with Crippen molar-refractivity contribution in [2.24, 2.45) is 5.92 Å². The average Bonchev–Trinajstić information content (AvgIpc) is 3.25. The molecular weight excluding hydrogens is 264 g/mol. The van der Waals surface area contributed by atoms with Crippen LogP contribution < -0.4 is 5.32 Å². The number of benzene rings is 1. The molecule has 0 spiro atoms. The van der Waals surface area contributed by atoms with E-state index in [1.807, 2.05) is 22.9 Å². The second kappa shape index (κ2) is 5.58. The second-order valence-corrected chi connectivity index (χ2v) is 5.97. The topological polar surface area (TPSA) is 52.0 Å². The highest BCUT2D eigenvalue weighted by molar-refractivity contribution is 5.61. The zero-order valence-corrected chi connectivity index (χ0v) is 12.0. The Bertz CT molecular complexity index is 606. The predicted octanol–water partition coefficient (Wildman–Crippen LogP) is 1.84. The fourth-order valence-electron chi connectivity index (χ4n) is 2.78. The lowest BCUT2D eigenvalue weighted by atomic mass is 10.1. The van der Waals surface area contributed by atoms with Gasteiger partial charge in [-0.05, 0) is 25.3 Å². The van der Waals surface area contributed by atoms with Gasteiger partial charge in [-0.1, -0.05) is 35.5 Å².